The van der Waals surface area contributed by atoms with Crippen molar-refractivity contribution in [3.63, 3.8) is 0 Å². The molecule has 128 valence electrons. The number of nitrogens with one attached hydrogen (secondary N) is 2. The van der Waals surface area contributed by atoms with Gasteiger partial charge in [0.2, 0.25) is 17.7 Å². The average Bonchev–Trinajstić information content (AvgIpc) is 2.47. The Hall–Kier alpha value is -1.61. The summed E-state index contributed by atoms with van der Waals surface area (Å²) in [4.78, 5) is 38.3. The van der Waals surface area contributed by atoms with E-state index >= 15 is 0 Å². The molecule has 2 unspecified atom stereocenters. The van der Waals surface area contributed by atoms with Gasteiger partial charge in [-0.3, -0.25) is 24.6 Å². The summed E-state index contributed by atoms with van der Waals surface area (Å²) < 4.78 is 28.0. The molecule has 3 saturated heterocycles. The molecule has 3 heterocycles. The summed E-state index contributed by atoms with van der Waals surface area (Å²) in [6.07, 6.45) is 0.773. The molecule has 3 amide bonds. The van der Waals surface area contributed by atoms with Crippen LogP contribution in [-0.2, 0) is 14.4 Å². The molecule has 2 N–H and O–H groups in total. The number of hydrogen-bond donors (Lipinski definition) is 2. The van der Waals surface area contributed by atoms with E-state index < -0.39 is 23.9 Å². The molecule has 0 aromatic carbocycles. The maximum absolute atomic E-state index is 14.0. The number of piperazine rings is 1. The zero-order valence-electron chi connectivity index (χ0n) is 12.7. The molecule has 0 radical (unpaired) electrons. The molecule has 0 aliphatic carbocycles. The van der Waals surface area contributed by atoms with Crippen molar-refractivity contribution in [2.24, 2.45) is 0 Å². The molecule has 9 heteroatoms. The maximum Gasteiger partial charge on any atom is 0.275 e. The molecule has 7 nitrogen and oxygen atoms in total. The van der Waals surface area contributed by atoms with Gasteiger partial charge in [0.25, 0.3) is 5.92 Å². The Morgan fingerprint density at radius 2 is 1.91 bits per heavy atom. The van der Waals surface area contributed by atoms with Gasteiger partial charge >= 0.3 is 0 Å². The highest BCUT2D eigenvalue weighted by molar-refractivity contribution is 6.01. The Labute approximate surface area is 132 Å². The summed E-state index contributed by atoms with van der Waals surface area (Å²) in [6.45, 7) is 0.549. The molecular formula is C14H20F2N4O3. The first-order valence-corrected chi connectivity index (χ1v) is 7.84. The van der Waals surface area contributed by atoms with Crippen LogP contribution in [0.25, 0.3) is 0 Å². The van der Waals surface area contributed by atoms with Gasteiger partial charge in [0.1, 0.15) is 6.04 Å². The zero-order valence-corrected chi connectivity index (χ0v) is 12.7. The fraction of sp³-hybridized carbons (Fsp3) is 0.786. The lowest BCUT2D eigenvalue weighted by molar-refractivity contribution is -0.155. The zero-order chi connectivity index (χ0) is 16.6. The van der Waals surface area contributed by atoms with Crippen LogP contribution in [0.15, 0.2) is 0 Å². The third kappa shape index (κ3) is 3.20. The van der Waals surface area contributed by atoms with E-state index in [9.17, 15) is 23.2 Å². The van der Waals surface area contributed by atoms with Crippen LogP contribution >= 0.6 is 0 Å². The Morgan fingerprint density at radius 3 is 2.57 bits per heavy atom. The summed E-state index contributed by atoms with van der Waals surface area (Å²) in [5.74, 6) is -4.02. The van der Waals surface area contributed by atoms with Crippen molar-refractivity contribution >= 4 is 17.7 Å². The van der Waals surface area contributed by atoms with Crippen molar-refractivity contribution in [2.45, 2.75) is 37.3 Å². The minimum atomic E-state index is -2.87. The fourth-order valence-electron chi connectivity index (χ4n) is 3.55. The predicted molar refractivity (Wildman–Crippen MR) is 75.7 cm³/mol. The number of carbonyl (C=O) groups excluding carboxylic acids is 3. The van der Waals surface area contributed by atoms with Crippen molar-refractivity contribution in [2.75, 3.05) is 32.7 Å². The second kappa shape index (κ2) is 6.12. The van der Waals surface area contributed by atoms with E-state index in [2.05, 4.69) is 10.6 Å². The first-order chi connectivity index (χ1) is 10.9. The number of piperidine rings is 2. The van der Waals surface area contributed by atoms with E-state index in [0.717, 1.165) is 0 Å². The van der Waals surface area contributed by atoms with Gasteiger partial charge in [-0.05, 0) is 19.4 Å². The van der Waals surface area contributed by atoms with Gasteiger partial charge in [0, 0.05) is 19.5 Å². The van der Waals surface area contributed by atoms with Gasteiger partial charge in [0.15, 0.2) is 0 Å². The molecule has 0 bridgehead atoms. The van der Waals surface area contributed by atoms with E-state index in [1.54, 1.807) is 0 Å². The topological polar surface area (TPSA) is 81.8 Å². The van der Waals surface area contributed by atoms with E-state index in [1.165, 1.54) is 9.80 Å². The van der Waals surface area contributed by atoms with Gasteiger partial charge in [-0.1, -0.05) is 0 Å². The van der Waals surface area contributed by atoms with Crippen molar-refractivity contribution in [3.8, 4) is 0 Å². The molecule has 0 aromatic rings. The number of hydrogen-bond acceptors (Lipinski definition) is 5. The minimum absolute atomic E-state index is 0.113. The van der Waals surface area contributed by atoms with E-state index in [1.807, 2.05) is 0 Å². The number of rotatable bonds is 2. The van der Waals surface area contributed by atoms with E-state index in [4.69, 9.17) is 0 Å². The lowest BCUT2D eigenvalue weighted by atomic mass is 9.98. The van der Waals surface area contributed by atoms with Gasteiger partial charge in [-0.2, -0.15) is 0 Å². The highest BCUT2D eigenvalue weighted by Crippen LogP contribution is 2.29. The Kier molecular flexibility index (Phi) is 4.33. The first-order valence-electron chi connectivity index (χ1n) is 7.84. The quantitative estimate of drug-likeness (QED) is 0.631. The van der Waals surface area contributed by atoms with Gasteiger partial charge in [0.05, 0.1) is 19.1 Å². The molecule has 0 spiro atoms. The first kappa shape index (κ1) is 16.3. The second-order valence-corrected chi connectivity index (χ2v) is 6.27. The summed E-state index contributed by atoms with van der Waals surface area (Å²) in [5, 5.41) is 4.89. The molecule has 3 aliphatic rings. The largest absolute Gasteiger partial charge is 0.328 e. The molecule has 3 aliphatic heterocycles. The van der Waals surface area contributed by atoms with Crippen molar-refractivity contribution in [1.29, 1.82) is 0 Å². The van der Waals surface area contributed by atoms with Gasteiger partial charge in [-0.15, -0.1) is 0 Å². The van der Waals surface area contributed by atoms with Gasteiger partial charge in [-0.25, -0.2) is 8.78 Å². The third-order valence-corrected chi connectivity index (χ3v) is 4.76. The summed E-state index contributed by atoms with van der Waals surface area (Å²) >= 11 is 0. The summed E-state index contributed by atoms with van der Waals surface area (Å²) in [5.41, 5.74) is 0. The van der Waals surface area contributed by atoms with Crippen LogP contribution in [0.4, 0.5) is 8.78 Å². The number of alkyl halides is 2. The van der Waals surface area contributed by atoms with Crippen LogP contribution in [0.2, 0.25) is 0 Å². The molecule has 23 heavy (non-hydrogen) atoms. The second-order valence-electron chi connectivity index (χ2n) is 6.27. The average molecular weight is 330 g/mol. The molecule has 0 saturated carbocycles. The number of halogens is 2. The predicted octanol–water partition coefficient (Wildman–Crippen LogP) is -1.07. The monoisotopic (exact) mass is 330 g/mol. The highest BCUT2D eigenvalue weighted by atomic mass is 19.3. The lowest BCUT2D eigenvalue weighted by Crippen LogP contribution is -2.65. The number of nitrogens with zero attached hydrogens (tertiary/aromatic N) is 2. The van der Waals surface area contributed by atoms with Gasteiger partial charge < -0.3 is 10.2 Å². The third-order valence-electron chi connectivity index (χ3n) is 4.76. The normalized spacial score (nSPS) is 32.8. The smallest absolute Gasteiger partial charge is 0.275 e. The van der Waals surface area contributed by atoms with Crippen molar-refractivity contribution in [3.05, 3.63) is 0 Å². The number of carbonyl (C=O) groups is 3. The van der Waals surface area contributed by atoms with Crippen LogP contribution in [0, 0.1) is 0 Å². The fourth-order valence-corrected chi connectivity index (χ4v) is 3.55. The summed E-state index contributed by atoms with van der Waals surface area (Å²) in [6, 6.07) is -1.62. The maximum atomic E-state index is 14.0. The Bertz CT molecular complexity index is 528. The van der Waals surface area contributed by atoms with Crippen molar-refractivity contribution < 1.29 is 23.2 Å². The number of imide groups is 1. The molecule has 3 fully saturated rings. The Morgan fingerprint density at radius 1 is 1.13 bits per heavy atom. The van der Waals surface area contributed by atoms with E-state index in [-0.39, 0.29) is 37.9 Å². The minimum Gasteiger partial charge on any atom is -0.328 e. The molecule has 2 atom stereocenters. The molecular weight excluding hydrogens is 310 g/mol. The SMILES string of the molecule is O=C1CCC(N2CCN(C3CCNCC3(F)F)CC2=O)C(=O)N1. The summed E-state index contributed by atoms with van der Waals surface area (Å²) in [7, 11) is 0. The van der Waals surface area contributed by atoms with E-state index in [0.29, 0.717) is 25.9 Å². The lowest BCUT2D eigenvalue weighted by Gasteiger charge is -2.45. The Balaban J connectivity index is 1.64. The molecule has 3 rings (SSSR count). The van der Waals surface area contributed by atoms with Crippen molar-refractivity contribution in [1.82, 2.24) is 20.4 Å². The van der Waals surface area contributed by atoms with Crippen LogP contribution in [0.1, 0.15) is 19.3 Å². The number of amides is 3. The van der Waals surface area contributed by atoms with Crippen LogP contribution in [-0.4, -0.2) is 78.3 Å². The molecule has 0 aromatic heterocycles. The van der Waals surface area contributed by atoms with Crippen LogP contribution in [0.3, 0.4) is 0 Å². The van der Waals surface area contributed by atoms with Crippen LogP contribution in [0.5, 0.6) is 0 Å². The standard InChI is InChI=1S/C14H20F2N4O3/c15-14(16)8-17-4-3-10(14)19-5-6-20(12(22)7-19)9-1-2-11(21)18-13(9)23/h9-10,17H,1-8H2,(H,18,21,23). The highest BCUT2D eigenvalue weighted by Gasteiger charge is 2.47. The van der Waals surface area contributed by atoms with Crippen LogP contribution < -0.4 is 10.6 Å².